The summed E-state index contributed by atoms with van der Waals surface area (Å²) in [7, 11) is 0.988. The van der Waals surface area contributed by atoms with Crippen molar-refractivity contribution in [3.63, 3.8) is 0 Å². The molecule has 13 nitrogen and oxygen atoms in total. The maximum atomic E-state index is 12.8. The molecule has 1 heterocycles. The number of rotatable bonds is 33. The van der Waals surface area contributed by atoms with Crippen molar-refractivity contribution in [3.8, 4) is 0 Å². The molecular weight excluding hydrogens is 789 g/mol. The Balaban J connectivity index is 1.78. The molecule has 1 aromatic heterocycles. The van der Waals surface area contributed by atoms with Gasteiger partial charge in [0.15, 0.2) is 6.10 Å². The zero-order chi connectivity index (χ0) is 44.6. The molecule has 6 atom stereocenters. The van der Waals surface area contributed by atoms with E-state index in [4.69, 9.17) is 22.9 Å². The molecule has 60 heavy (non-hydrogen) atoms. The van der Waals surface area contributed by atoms with Crippen LogP contribution in [-0.4, -0.2) is 98.2 Å². The molecule has 1 saturated carbocycles. The number of furan rings is 1. The minimum atomic E-state index is -4.71. The van der Waals surface area contributed by atoms with Gasteiger partial charge in [-0.2, -0.15) is 0 Å². The van der Waals surface area contributed by atoms with Gasteiger partial charge >= 0.3 is 11.9 Å². The quantitative estimate of drug-likeness (QED) is 0.0229. The van der Waals surface area contributed by atoms with Gasteiger partial charge in [-0.05, 0) is 69.9 Å². The Kier molecular flexibility index (Phi) is 25.7. The summed E-state index contributed by atoms with van der Waals surface area (Å²) in [6.45, 7) is 7.93. The summed E-state index contributed by atoms with van der Waals surface area (Å²) in [5.41, 5.74) is 2.53. The molecule has 2 N–H and O–H groups in total. The number of aliphatic hydroxyl groups excluding tert-OH is 2. The van der Waals surface area contributed by atoms with E-state index in [0.717, 1.165) is 82.1 Å². The molecule has 344 valence electrons. The average Bonchev–Trinajstić information content (AvgIpc) is 3.60. The number of ether oxygens (including phenoxy) is 2. The van der Waals surface area contributed by atoms with Gasteiger partial charge in [0.05, 0.1) is 40.0 Å². The number of ketones is 1. The number of esters is 2. The highest BCUT2D eigenvalue weighted by Crippen LogP contribution is 2.38. The Morgan fingerprint density at radius 1 is 0.883 bits per heavy atom. The van der Waals surface area contributed by atoms with Crippen LogP contribution in [0.15, 0.2) is 28.7 Å². The number of Topliss-reactive ketones (excluding diaryl/α,β-unsaturated/α-hetero) is 1. The van der Waals surface area contributed by atoms with E-state index in [1.165, 1.54) is 11.1 Å². The zero-order valence-corrected chi connectivity index (χ0v) is 38.7. The van der Waals surface area contributed by atoms with Crippen LogP contribution in [0.1, 0.15) is 146 Å². The Labute approximate surface area is 360 Å². The second kappa shape index (κ2) is 28.9. The molecular formula is C46H78NO12P. The molecule has 1 aromatic rings. The van der Waals surface area contributed by atoms with Crippen LogP contribution in [0.3, 0.4) is 0 Å². The lowest BCUT2D eigenvalue weighted by molar-refractivity contribution is -0.870. The van der Waals surface area contributed by atoms with E-state index in [0.29, 0.717) is 43.1 Å². The molecule has 0 aromatic carbocycles. The molecule has 0 aliphatic heterocycles. The van der Waals surface area contributed by atoms with E-state index in [1.54, 1.807) is 12.2 Å². The van der Waals surface area contributed by atoms with Gasteiger partial charge in [0.25, 0.3) is 7.82 Å². The number of hydrogen-bond donors (Lipinski definition) is 2. The molecule has 2 rings (SSSR count). The first-order chi connectivity index (χ1) is 28.5. The third-order valence-corrected chi connectivity index (χ3v) is 12.0. The zero-order valence-electron chi connectivity index (χ0n) is 37.8. The first kappa shape index (κ1) is 53.5. The third-order valence-electron chi connectivity index (χ3n) is 11.0. The van der Waals surface area contributed by atoms with Gasteiger partial charge in [0, 0.05) is 43.9 Å². The van der Waals surface area contributed by atoms with Crippen molar-refractivity contribution in [1.82, 2.24) is 0 Å². The van der Waals surface area contributed by atoms with E-state index >= 15 is 0 Å². The van der Waals surface area contributed by atoms with E-state index in [2.05, 4.69) is 27.7 Å². The van der Waals surface area contributed by atoms with Crippen LogP contribution in [0, 0.1) is 25.7 Å². The lowest BCUT2D eigenvalue weighted by Crippen LogP contribution is -2.37. The van der Waals surface area contributed by atoms with Crippen molar-refractivity contribution in [2.45, 2.75) is 168 Å². The summed E-state index contributed by atoms with van der Waals surface area (Å²) in [5.74, 6) is 0.370. The van der Waals surface area contributed by atoms with Crippen LogP contribution in [0.5, 0.6) is 0 Å². The monoisotopic (exact) mass is 868 g/mol. The maximum absolute atomic E-state index is 12.8. The standard InChI is InChI=1S/C46H78NO12P/c1-8-10-17-23-37(48)28-29-40-39(41(49)32-42(40)50)24-18-15-16-20-26-45(51)55-33-38(34-57-60(53,54)56-31-30-47(5,6)7)58-46(52)27-21-14-12-11-13-19-25-44-36(4)35(3)43(59-44)22-9-2/h15,18,28-29,37-41,48-49H,8-14,16-17,19-27,30-34H2,1-7H3/b18-15-,29-28+/t37-,38+,39+,40+,41-/m0/s1. The molecule has 14 heteroatoms. The first-order valence-corrected chi connectivity index (χ1v) is 24.0. The van der Waals surface area contributed by atoms with Gasteiger partial charge in [0.1, 0.15) is 37.1 Å². The summed E-state index contributed by atoms with van der Waals surface area (Å²) in [6, 6.07) is 0. The molecule has 1 aliphatic rings. The fraction of sp³-hybridized carbons (Fsp3) is 0.761. The van der Waals surface area contributed by atoms with Crippen molar-refractivity contribution in [3.05, 3.63) is 47.0 Å². The van der Waals surface area contributed by atoms with Crippen LogP contribution in [0.4, 0.5) is 0 Å². The number of allylic oxidation sites excluding steroid dienone is 3. The first-order valence-electron chi connectivity index (χ1n) is 22.5. The molecule has 0 spiro atoms. The van der Waals surface area contributed by atoms with Gasteiger partial charge in [-0.3, -0.25) is 18.9 Å². The van der Waals surface area contributed by atoms with Gasteiger partial charge in [-0.1, -0.05) is 83.1 Å². The van der Waals surface area contributed by atoms with Crippen LogP contribution in [-0.2, 0) is 50.3 Å². The van der Waals surface area contributed by atoms with E-state index < -0.39 is 50.6 Å². The number of phosphoric ester groups is 1. The Morgan fingerprint density at radius 2 is 1.55 bits per heavy atom. The molecule has 0 amide bonds. The highest BCUT2D eigenvalue weighted by Gasteiger charge is 2.39. The molecule has 0 radical (unpaired) electrons. The second-order valence-corrected chi connectivity index (χ2v) is 18.8. The number of aliphatic hydroxyl groups is 2. The lowest BCUT2D eigenvalue weighted by atomic mass is 9.90. The predicted molar refractivity (Wildman–Crippen MR) is 231 cm³/mol. The molecule has 1 fully saturated rings. The molecule has 0 bridgehead atoms. The highest BCUT2D eigenvalue weighted by atomic mass is 31.2. The number of carbonyl (C=O) groups is 3. The number of nitrogens with zero attached hydrogens (tertiary/aromatic N) is 1. The van der Waals surface area contributed by atoms with Crippen LogP contribution in [0.2, 0.25) is 0 Å². The number of carbonyl (C=O) groups excluding carboxylic acids is 3. The summed E-state index contributed by atoms with van der Waals surface area (Å²) in [4.78, 5) is 50.4. The fourth-order valence-corrected chi connectivity index (χ4v) is 7.88. The average molecular weight is 868 g/mol. The van der Waals surface area contributed by atoms with Gasteiger partial charge < -0.3 is 42.5 Å². The third kappa shape index (κ3) is 22.5. The van der Waals surface area contributed by atoms with Crippen molar-refractivity contribution in [1.29, 1.82) is 0 Å². The number of hydrogen-bond acceptors (Lipinski definition) is 12. The van der Waals surface area contributed by atoms with Crippen molar-refractivity contribution >= 4 is 25.5 Å². The number of phosphoric acid groups is 1. The number of quaternary nitrogens is 1. The Hall–Kier alpha value is -2.64. The second-order valence-electron chi connectivity index (χ2n) is 17.4. The summed E-state index contributed by atoms with van der Waals surface area (Å²) >= 11 is 0. The summed E-state index contributed by atoms with van der Waals surface area (Å²) < 4.78 is 40.0. The SMILES string of the molecule is CCCCC[C@H](O)/C=C/[C@H]1C(=O)C[C@H](O)[C@@H]1C/C=C\CCCC(=O)OC[C@H](COP(=O)([O-])OCC[N+](C)(C)C)OC(=O)CCCCCCCCc1oc(CCC)c(C)c1C. The molecule has 1 aliphatic carbocycles. The van der Waals surface area contributed by atoms with Crippen molar-refractivity contribution in [2.75, 3.05) is 47.5 Å². The smallest absolute Gasteiger partial charge is 0.306 e. The lowest BCUT2D eigenvalue weighted by Gasteiger charge is -2.28. The minimum Gasteiger partial charge on any atom is -0.756 e. The maximum Gasteiger partial charge on any atom is 0.306 e. The fourth-order valence-electron chi connectivity index (χ4n) is 7.15. The van der Waals surface area contributed by atoms with E-state index in [9.17, 15) is 34.1 Å². The van der Waals surface area contributed by atoms with Gasteiger partial charge in [0.2, 0.25) is 0 Å². The van der Waals surface area contributed by atoms with Crippen LogP contribution in [0.25, 0.3) is 0 Å². The van der Waals surface area contributed by atoms with Crippen LogP contribution >= 0.6 is 7.82 Å². The van der Waals surface area contributed by atoms with E-state index in [1.807, 2.05) is 33.3 Å². The summed E-state index contributed by atoms with van der Waals surface area (Å²) in [6.07, 6.45) is 18.7. The van der Waals surface area contributed by atoms with E-state index in [-0.39, 0.29) is 44.2 Å². The van der Waals surface area contributed by atoms with Gasteiger partial charge in [-0.15, -0.1) is 0 Å². The number of unbranched alkanes of at least 4 members (excludes halogenated alkanes) is 8. The number of likely N-dealkylation sites (N-methyl/N-ethyl adjacent to an activating group) is 1. The highest BCUT2D eigenvalue weighted by molar-refractivity contribution is 7.45. The molecule has 0 saturated heterocycles. The normalized spacial score (nSPS) is 19.3. The predicted octanol–water partition coefficient (Wildman–Crippen LogP) is 7.97. The molecule has 1 unspecified atom stereocenters. The van der Waals surface area contributed by atoms with Crippen LogP contribution < -0.4 is 4.89 Å². The Bertz CT molecular complexity index is 1510. The topological polar surface area (TPSA) is 182 Å². The Morgan fingerprint density at radius 3 is 2.23 bits per heavy atom. The van der Waals surface area contributed by atoms with Crippen molar-refractivity contribution < 1.29 is 61.5 Å². The number of aryl methyl sites for hydroxylation is 2. The van der Waals surface area contributed by atoms with Crippen molar-refractivity contribution in [2.24, 2.45) is 11.8 Å². The largest absolute Gasteiger partial charge is 0.756 e. The van der Waals surface area contributed by atoms with Gasteiger partial charge in [-0.25, -0.2) is 0 Å². The summed E-state index contributed by atoms with van der Waals surface area (Å²) in [5, 5.41) is 20.8. The minimum absolute atomic E-state index is 0.0326.